The SMILES string of the molecule is COc1cc2nc3c(c(NC4CCN(c5ccncc5F)CC4)c2cc1OC)CCC3. The molecule has 1 fully saturated rings. The van der Waals surface area contributed by atoms with Crippen LogP contribution in [0.3, 0.4) is 0 Å². The molecular formula is C24H27FN4O2. The number of hydrogen-bond donors (Lipinski definition) is 1. The predicted molar refractivity (Wildman–Crippen MR) is 120 cm³/mol. The molecule has 5 rings (SSSR count). The van der Waals surface area contributed by atoms with Gasteiger partial charge in [-0.15, -0.1) is 0 Å². The van der Waals surface area contributed by atoms with Gasteiger partial charge in [-0.1, -0.05) is 0 Å². The fourth-order valence-corrected chi connectivity index (χ4v) is 4.85. The van der Waals surface area contributed by atoms with Crippen LogP contribution in [0.2, 0.25) is 0 Å². The summed E-state index contributed by atoms with van der Waals surface area (Å²) in [6, 6.07) is 6.08. The molecular weight excluding hydrogens is 395 g/mol. The van der Waals surface area contributed by atoms with Crippen molar-refractivity contribution in [2.24, 2.45) is 0 Å². The number of benzene rings is 1. The molecule has 3 heterocycles. The van der Waals surface area contributed by atoms with E-state index < -0.39 is 0 Å². The van der Waals surface area contributed by atoms with Gasteiger partial charge in [0.1, 0.15) is 0 Å². The highest BCUT2D eigenvalue weighted by Crippen LogP contribution is 2.40. The minimum absolute atomic E-state index is 0.257. The van der Waals surface area contributed by atoms with Crippen LogP contribution < -0.4 is 19.7 Å². The van der Waals surface area contributed by atoms with Gasteiger partial charge in [-0.25, -0.2) is 4.39 Å². The lowest BCUT2D eigenvalue weighted by Crippen LogP contribution is -2.39. The van der Waals surface area contributed by atoms with E-state index in [1.54, 1.807) is 26.5 Å². The second-order valence-electron chi connectivity index (χ2n) is 8.22. The summed E-state index contributed by atoms with van der Waals surface area (Å²) in [6.07, 6.45) is 7.98. The van der Waals surface area contributed by atoms with Gasteiger partial charge in [-0.05, 0) is 49.8 Å². The maximum Gasteiger partial charge on any atom is 0.164 e. The highest BCUT2D eigenvalue weighted by Gasteiger charge is 2.26. The van der Waals surface area contributed by atoms with Crippen LogP contribution in [0.15, 0.2) is 30.6 Å². The number of piperidine rings is 1. The van der Waals surface area contributed by atoms with Crippen molar-refractivity contribution >= 4 is 22.3 Å². The molecule has 1 aromatic carbocycles. The largest absolute Gasteiger partial charge is 0.493 e. The Balaban J connectivity index is 1.43. The number of aromatic nitrogens is 2. The summed E-state index contributed by atoms with van der Waals surface area (Å²) in [5.41, 5.74) is 5.24. The molecule has 1 saturated heterocycles. The zero-order valence-electron chi connectivity index (χ0n) is 17.9. The van der Waals surface area contributed by atoms with Crippen LogP contribution in [0.25, 0.3) is 10.9 Å². The topological polar surface area (TPSA) is 59.5 Å². The number of rotatable bonds is 5. The number of pyridine rings is 2. The summed E-state index contributed by atoms with van der Waals surface area (Å²) in [6.45, 7) is 1.61. The maximum absolute atomic E-state index is 14.1. The minimum Gasteiger partial charge on any atom is -0.493 e. The Morgan fingerprint density at radius 1 is 1.10 bits per heavy atom. The summed E-state index contributed by atoms with van der Waals surface area (Å²) in [5, 5.41) is 4.90. The average Bonchev–Trinajstić information content (AvgIpc) is 3.27. The highest BCUT2D eigenvalue weighted by atomic mass is 19.1. The van der Waals surface area contributed by atoms with Crippen LogP contribution in [0.1, 0.15) is 30.5 Å². The normalized spacial score (nSPS) is 16.4. The Hall–Kier alpha value is -3.09. The molecule has 1 aliphatic heterocycles. The third-order valence-corrected chi connectivity index (χ3v) is 6.45. The number of nitrogens with one attached hydrogen (secondary N) is 1. The predicted octanol–water partition coefficient (Wildman–Crippen LogP) is 4.36. The molecule has 1 aliphatic carbocycles. The van der Waals surface area contributed by atoms with E-state index in [0.717, 1.165) is 56.1 Å². The van der Waals surface area contributed by atoms with Crippen LogP contribution >= 0.6 is 0 Å². The summed E-state index contributed by atoms with van der Waals surface area (Å²) >= 11 is 0. The fourth-order valence-electron chi connectivity index (χ4n) is 4.85. The van der Waals surface area contributed by atoms with Crippen LogP contribution in [0.4, 0.5) is 15.8 Å². The van der Waals surface area contributed by atoms with Crippen molar-refractivity contribution in [2.45, 2.75) is 38.1 Å². The van der Waals surface area contributed by atoms with Crippen LogP contribution in [-0.4, -0.2) is 43.3 Å². The number of fused-ring (bicyclic) bond motifs is 2. The van der Waals surface area contributed by atoms with Crippen LogP contribution in [0.5, 0.6) is 11.5 Å². The highest BCUT2D eigenvalue weighted by molar-refractivity contribution is 5.96. The molecule has 0 radical (unpaired) electrons. The Morgan fingerprint density at radius 3 is 2.61 bits per heavy atom. The number of methoxy groups -OCH3 is 2. The molecule has 2 aromatic heterocycles. The lowest BCUT2D eigenvalue weighted by atomic mass is 10.0. The number of halogens is 1. The molecule has 7 heteroatoms. The molecule has 162 valence electrons. The first kappa shape index (κ1) is 19.8. The van der Waals surface area contributed by atoms with Gasteiger partial charge in [-0.3, -0.25) is 9.97 Å². The summed E-state index contributed by atoms with van der Waals surface area (Å²) in [5.74, 6) is 1.15. The van der Waals surface area contributed by atoms with E-state index >= 15 is 0 Å². The molecule has 1 N–H and O–H groups in total. The van der Waals surface area contributed by atoms with Crippen molar-refractivity contribution in [2.75, 3.05) is 37.5 Å². The fraction of sp³-hybridized carbons (Fsp3) is 0.417. The van der Waals surface area contributed by atoms with Gasteiger partial charge < -0.3 is 19.7 Å². The molecule has 3 aromatic rings. The smallest absolute Gasteiger partial charge is 0.164 e. The van der Waals surface area contributed by atoms with Gasteiger partial charge in [0.2, 0.25) is 0 Å². The zero-order chi connectivity index (χ0) is 21.4. The third-order valence-electron chi connectivity index (χ3n) is 6.45. The number of anilines is 2. The van der Waals surface area contributed by atoms with Gasteiger partial charge in [-0.2, -0.15) is 0 Å². The van der Waals surface area contributed by atoms with Crippen molar-refractivity contribution < 1.29 is 13.9 Å². The van der Waals surface area contributed by atoms with Gasteiger partial charge in [0.25, 0.3) is 0 Å². The first-order valence-electron chi connectivity index (χ1n) is 10.9. The van der Waals surface area contributed by atoms with E-state index in [-0.39, 0.29) is 5.82 Å². The van der Waals surface area contributed by atoms with Crippen molar-refractivity contribution in [1.82, 2.24) is 9.97 Å². The summed E-state index contributed by atoms with van der Waals surface area (Å²) in [4.78, 5) is 10.9. The van der Waals surface area contributed by atoms with Crippen LogP contribution in [-0.2, 0) is 12.8 Å². The molecule has 0 amide bonds. The van der Waals surface area contributed by atoms with E-state index in [9.17, 15) is 4.39 Å². The van der Waals surface area contributed by atoms with E-state index in [1.807, 2.05) is 12.1 Å². The van der Waals surface area contributed by atoms with Gasteiger partial charge >= 0.3 is 0 Å². The van der Waals surface area contributed by atoms with Gasteiger partial charge in [0.05, 0.1) is 31.6 Å². The molecule has 0 spiro atoms. The van der Waals surface area contributed by atoms with E-state index in [1.165, 1.54) is 23.1 Å². The van der Waals surface area contributed by atoms with Crippen molar-refractivity contribution in [3.63, 3.8) is 0 Å². The molecule has 2 aliphatic rings. The number of nitrogens with zero attached hydrogens (tertiary/aromatic N) is 3. The lowest BCUT2D eigenvalue weighted by molar-refractivity contribution is 0.356. The van der Waals surface area contributed by atoms with E-state index in [4.69, 9.17) is 14.5 Å². The van der Waals surface area contributed by atoms with Crippen molar-refractivity contribution in [3.05, 3.63) is 47.7 Å². The Kier molecular flexibility index (Phi) is 5.26. The zero-order valence-corrected chi connectivity index (χ0v) is 17.9. The minimum atomic E-state index is -0.257. The Morgan fingerprint density at radius 2 is 1.87 bits per heavy atom. The first-order chi connectivity index (χ1) is 15.2. The average molecular weight is 423 g/mol. The Labute approximate surface area is 181 Å². The molecule has 0 bridgehead atoms. The second kappa shape index (κ2) is 8.21. The number of aryl methyl sites for hydroxylation is 1. The van der Waals surface area contributed by atoms with E-state index in [0.29, 0.717) is 23.2 Å². The van der Waals surface area contributed by atoms with Gasteiger partial charge in [0.15, 0.2) is 17.3 Å². The van der Waals surface area contributed by atoms with E-state index in [2.05, 4.69) is 15.2 Å². The lowest BCUT2D eigenvalue weighted by Gasteiger charge is -2.35. The van der Waals surface area contributed by atoms with Crippen LogP contribution in [0, 0.1) is 5.82 Å². The van der Waals surface area contributed by atoms with Crippen molar-refractivity contribution in [3.8, 4) is 11.5 Å². The molecule has 0 saturated carbocycles. The first-order valence-corrected chi connectivity index (χ1v) is 10.9. The molecule has 0 unspecified atom stereocenters. The summed E-state index contributed by atoms with van der Waals surface area (Å²) < 4.78 is 25.2. The maximum atomic E-state index is 14.1. The van der Waals surface area contributed by atoms with Gasteiger partial charge in [0, 0.05) is 48.2 Å². The number of ether oxygens (including phenoxy) is 2. The third kappa shape index (κ3) is 3.62. The quantitative estimate of drug-likeness (QED) is 0.660. The molecule has 0 atom stereocenters. The second-order valence-corrected chi connectivity index (χ2v) is 8.22. The number of hydrogen-bond acceptors (Lipinski definition) is 6. The molecule has 6 nitrogen and oxygen atoms in total. The van der Waals surface area contributed by atoms with Crippen molar-refractivity contribution in [1.29, 1.82) is 0 Å². The monoisotopic (exact) mass is 422 g/mol. The summed E-state index contributed by atoms with van der Waals surface area (Å²) in [7, 11) is 3.31. The molecule has 31 heavy (non-hydrogen) atoms. The standard InChI is InChI=1S/C24H27FN4O2/c1-30-22-12-17-20(13-23(22)31-2)28-19-5-3-4-16(19)24(17)27-15-7-10-29(11-8-15)21-6-9-26-14-18(21)25/h6,9,12-15H,3-5,7-8,10-11H2,1-2H3,(H,27,28). The Bertz CT molecular complexity index is 1110.